The smallest absolute Gasteiger partial charge is 0.416 e. The maximum atomic E-state index is 13.0. The van der Waals surface area contributed by atoms with Gasteiger partial charge in [0, 0.05) is 16.6 Å². The second-order valence-electron chi connectivity index (χ2n) is 7.58. The highest BCUT2D eigenvalue weighted by atomic mass is 79.9. The van der Waals surface area contributed by atoms with E-state index in [1.807, 2.05) is 30.3 Å². The van der Waals surface area contributed by atoms with Gasteiger partial charge >= 0.3 is 6.18 Å². The SMILES string of the molecule is C=CCN1C(=O)C(Cc2cccc(C(F)(F)F)c2)SC1=NN=Cc1ccc(-c2ccc(Br)cc2)o1. The van der Waals surface area contributed by atoms with Gasteiger partial charge in [0.15, 0.2) is 5.17 Å². The number of halogens is 4. The highest BCUT2D eigenvalue weighted by Gasteiger charge is 2.38. The van der Waals surface area contributed by atoms with E-state index in [9.17, 15) is 18.0 Å². The monoisotopic (exact) mass is 561 g/mol. The third-order valence-corrected chi connectivity index (χ3v) is 6.79. The molecule has 180 valence electrons. The van der Waals surface area contributed by atoms with Crippen LogP contribution in [0.5, 0.6) is 0 Å². The van der Waals surface area contributed by atoms with Crippen LogP contribution in [-0.4, -0.2) is 34.0 Å². The van der Waals surface area contributed by atoms with Gasteiger partial charge in [0.1, 0.15) is 11.5 Å². The largest absolute Gasteiger partial charge is 0.455 e. The zero-order valence-electron chi connectivity index (χ0n) is 18.2. The summed E-state index contributed by atoms with van der Waals surface area (Å²) < 4.78 is 45.9. The molecular weight excluding hydrogens is 543 g/mol. The number of thioether (sulfide) groups is 1. The normalized spacial score (nSPS) is 17.6. The molecule has 1 aromatic heterocycles. The van der Waals surface area contributed by atoms with Gasteiger partial charge in [-0.15, -0.1) is 11.7 Å². The van der Waals surface area contributed by atoms with Gasteiger partial charge in [0.25, 0.3) is 0 Å². The molecule has 0 aliphatic carbocycles. The predicted molar refractivity (Wildman–Crippen MR) is 135 cm³/mol. The van der Waals surface area contributed by atoms with Gasteiger partial charge in [-0.05, 0) is 42.3 Å². The average molecular weight is 562 g/mol. The maximum absolute atomic E-state index is 13.0. The van der Waals surface area contributed by atoms with E-state index in [-0.39, 0.29) is 18.9 Å². The predicted octanol–water partition coefficient (Wildman–Crippen LogP) is 6.79. The van der Waals surface area contributed by atoms with Gasteiger partial charge < -0.3 is 4.42 Å². The molecule has 1 atom stereocenters. The lowest BCUT2D eigenvalue weighted by Gasteiger charge is -2.13. The van der Waals surface area contributed by atoms with Crippen molar-refractivity contribution in [3.05, 3.63) is 94.7 Å². The minimum Gasteiger partial charge on any atom is -0.455 e. The fourth-order valence-electron chi connectivity index (χ4n) is 3.43. The van der Waals surface area contributed by atoms with Crippen LogP contribution in [0, 0.1) is 0 Å². The first-order valence-corrected chi connectivity index (χ1v) is 12.1. The number of carbonyl (C=O) groups is 1. The Morgan fingerprint density at radius 3 is 2.63 bits per heavy atom. The number of amidine groups is 1. The lowest BCUT2D eigenvalue weighted by Crippen LogP contribution is -2.32. The zero-order valence-corrected chi connectivity index (χ0v) is 20.6. The summed E-state index contributed by atoms with van der Waals surface area (Å²) in [6, 6.07) is 16.2. The first-order chi connectivity index (χ1) is 16.7. The first kappa shape index (κ1) is 25.0. The molecular formula is C25H19BrF3N3O2S. The Balaban J connectivity index is 1.48. The Kier molecular flexibility index (Phi) is 7.61. The fraction of sp³-hybridized carbons (Fsp3) is 0.160. The van der Waals surface area contributed by atoms with Crippen LogP contribution in [0.4, 0.5) is 13.2 Å². The van der Waals surface area contributed by atoms with Gasteiger partial charge in [-0.2, -0.15) is 18.3 Å². The zero-order chi connectivity index (χ0) is 25.0. The van der Waals surface area contributed by atoms with Crippen molar-refractivity contribution >= 4 is 45.0 Å². The van der Waals surface area contributed by atoms with Crippen molar-refractivity contribution < 1.29 is 22.4 Å². The second-order valence-corrected chi connectivity index (χ2v) is 9.67. The molecule has 2 aromatic carbocycles. The standard InChI is InChI=1S/C25H19BrF3N3O2S/c1-2-12-32-23(33)22(14-16-4-3-5-18(13-16)25(27,28)29)35-24(32)31-30-15-20-10-11-21(34-20)17-6-8-19(26)9-7-17/h2-11,13,15,22H,1,12,14H2. The number of carbonyl (C=O) groups excluding carboxylic acids is 1. The van der Waals surface area contributed by atoms with E-state index < -0.39 is 17.0 Å². The summed E-state index contributed by atoms with van der Waals surface area (Å²) in [7, 11) is 0. The Morgan fingerprint density at radius 1 is 1.14 bits per heavy atom. The summed E-state index contributed by atoms with van der Waals surface area (Å²) in [5.74, 6) is 0.903. The molecule has 0 radical (unpaired) electrons. The number of furan rings is 1. The quantitative estimate of drug-likeness (QED) is 0.181. The number of hydrogen-bond acceptors (Lipinski definition) is 5. The summed E-state index contributed by atoms with van der Waals surface area (Å²) in [5, 5.41) is 7.97. The summed E-state index contributed by atoms with van der Waals surface area (Å²) in [4.78, 5) is 14.3. The Morgan fingerprint density at radius 2 is 1.91 bits per heavy atom. The summed E-state index contributed by atoms with van der Waals surface area (Å²) >= 11 is 4.56. The Labute approximate surface area is 212 Å². The molecule has 5 nitrogen and oxygen atoms in total. The second kappa shape index (κ2) is 10.7. The van der Waals surface area contributed by atoms with Crippen LogP contribution >= 0.6 is 27.7 Å². The fourth-order valence-corrected chi connectivity index (χ4v) is 4.84. The molecule has 1 amide bonds. The molecule has 1 unspecified atom stereocenters. The molecule has 0 bridgehead atoms. The molecule has 4 rings (SSSR count). The molecule has 1 saturated heterocycles. The minimum atomic E-state index is -4.44. The molecule has 1 fully saturated rings. The van der Waals surface area contributed by atoms with Gasteiger partial charge in [0.2, 0.25) is 5.91 Å². The van der Waals surface area contributed by atoms with Crippen LogP contribution in [0.3, 0.4) is 0 Å². The molecule has 1 aliphatic heterocycles. The lowest BCUT2D eigenvalue weighted by atomic mass is 10.1. The van der Waals surface area contributed by atoms with Crippen molar-refractivity contribution in [3.63, 3.8) is 0 Å². The summed E-state index contributed by atoms with van der Waals surface area (Å²) in [6.07, 6.45) is -1.31. The summed E-state index contributed by atoms with van der Waals surface area (Å²) in [5.41, 5.74) is 0.587. The molecule has 35 heavy (non-hydrogen) atoms. The van der Waals surface area contributed by atoms with E-state index in [0.29, 0.717) is 22.3 Å². The van der Waals surface area contributed by atoms with Gasteiger partial charge in [-0.25, -0.2) is 0 Å². The van der Waals surface area contributed by atoms with Gasteiger partial charge in [0.05, 0.1) is 17.0 Å². The van der Waals surface area contributed by atoms with E-state index >= 15 is 0 Å². The topological polar surface area (TPSA) is 58.2 Å². The van der Waals surface area contributed by atoms with Crippen molar-refractivity contribution in [2.24, 2.45) is 10.2 Å². The van der Waals surface area contributed by atoms with E-state index in [4.69, 9.17) is 4.42 Å². The van der Waals surface area contributed by atoms with Crippen LogP contribution in [0.15, 0.2) is 92.4 Å². The lowest BCUT2D eigenvalue weighted by molar-refractivity contribution is -0.137. The van der Waals surface area contributed by atoms with Gasteiger partial charge in [-0.3, -0.25) is 9.69 Å². The third-order valence-electron chi connectivity index (χ3n) is 5.09. The van der Waals surface area contributed by atoms with Crippen LogP contribution in [0.1, 0.15) is 16.9 Å². The average Bonchev–Trinajstić information content (AvgIpc) is 3.40. The number of nitrogens with zero attached hydrogens (tertiary/aromatic N) is 3. The van der Waals surface area contributed by atoms with Crippen LogP contribution in [0.25, 0.3) is 11.3 Å². The molecule has 0 spiro atoms. The number of alkyl halides is 3. The molecule has 3 aromatic rings. The van der Waals surface area contributed by atoms with Crippen molar-refractivity contribution in [2.45, 2.75) is 17.8 Å². The van der Waals surface area contributed by atoms with Crippen molar-refractivity contribution in [1.82, 2.24) is 4.90 Å². The highest BCUT2D eigenvalue weighted by Crippen LogP contribution is 2.33. The van der Waals surface area contributed by atoms with E-state index in [1.165, 1.54) is 17.2 Å². The Bertz CT molecular complexity index is 1290. The van der Waals surface area contributed by atoms with E-state index in [1.54, 1.807) is 18.2 Å². The van der Waals surface area contributed by atoms with E-state index in [0.717, 1.165) is 33.9 Å². The molecule has 1 aliphatic rings. The number of benzene rings is 2. The number of hydrogen-bond donors (Lipinski definition) is 0. The van der Waals surface area contributed by atoms with Crippen molar-refractivity contribution in [2.75, 3.05) is 6.54 Å². The highest BCUT2D eigenvalue weighted by molar-refractivity contribution is 9.10. The van der Waals surface area contributed by atoms with Crippen LogP contribution < -0.4 is 0 Å². The minimum absolute atomic E-state index is 0.137. The van der Waals surface area contributed by atoms with E-state index in [2.05, 4.69) is 32.7 Å². The van der Waals surface area contributed by atoms with Gasteiger partial charge in [-0.1, -0.05) is 64.1 Å². The first-order valence-electron chi connectivity index (χ1n) is 10.5. The summed E-state index contributed by atoms with van der Waals surface area (Å²) in [6.45, 7) is 3.88. The molecule has 0 saturated carbocycles. The third kappa shape index (κ3) is 6.12. The Hall–Kier alpha value is -3.11. The van der Waals surface area contributed by atoms with Crippen LogP contribution in [-0.2, 0) is 17.4 Å². The molecule has 2 heterocycles. The number of rotatable bonds is 7. The maximum Gasteiger partial charge on any atom is 0.416 e. The number of amides is 1. The van der Waals surface area contributed by atoms with Crippen LogP contribution in [0.2, 0.25) is 0 Å². The molecule has 0 N–H and O–H groups in total. The van der Waals surface area contributed by atoms with Crippen molar-refractivity contribution in [3.8, 4) is 11.3 Å². The molecule has 10 heteroatoms. The van der Waals surface area contributed by atoms with Crippen molar-refractivity contribution in [1.29, 1.82) is 0 Å².